The lowest BCUT2D eigenvalue weighted by molar-refractivity contribution is 0.0950. The highest BCUT2D eigenvalue weighted by Gasteiger charge is 2.27. The molecule has 6 nitrogen and oxygen atoms in total. The van der Waals surface area contributed by atoms with Crippen molar-refractivity contribution in [1.82, 2.24) is 15.0 Å². The molecule has 0 aliphatic heterocycles. The van der Waals surface area contributed by atoms with E-state index in [1.54, 1.807) is 42.6 Å². The highest BCUT2D eigenvalue weighted by molar-refractivity contribution is 7.89. The van der Waals surface area contributed by atoms with Crippen LogP contribution < -0.4 is 10.0 Å². The number of pyridine rings is 1. The van der Waals surface area contributed by atoms with Crippen LogP contribution in [0, 0.1) is 4.64 Å². The van der Waals surface area contributed by atoms with Gasteiger partial charge in [-0.05, 0) is 42.7 Å². The fourth-order valence-electron chi connectivity index (χ4n) is 2.15. The lowest BCUT2D eigenvalue weighted by Gasteiger charge is -2.08. The summed E-state index contributed by atoms with van der Waals surface area (Å²) in [7, 11) is -3.45. The molecule has 0 radical (unpaired) electrons. The molecule has 126 valence electrons. The van der Waals surface area contributed by atoms with Crippen molar-refractivity contribution in [1.29, 1.82) is 0 Å². The molecule has 1 heterocycles. The monoisotopic (exact) mass is 363 g/mol. The minimum atomic E-state index is -3.45. The van der Waals surface area contributed by atoms with Crippen LogP contribution in [0.4, 0.5) is 0 Å². The summed E-state index contributed by atoms with van der Waals surface area (Å²) < 4.78 is 27.2. The molecule has 1 saturated carbocycles. The van der Waals surface area contributed by atoms with Gasteiger partial charge in [0.25, 0.3) is 5.91 Å². The van der Waals surface area contributed by atoms with Crippen molar-refractivity contribution in [2.75, 3.05) is 0 Å². The Bertz CT molecular complexity index is 901. The molecule has 8 heteroatoms. The molecule has 0 bridgehead atoms. The fraction of sp³-hybridized carbons (Fsp3) is 0.250. The molecule has 0 saturated heterocycles. The molecular formula is C16H17N3O3S2. The number of aromatic amines is 1. The third-order valence-electron chi connectivity index (χ3n) is 3.65. The number of amides is 1. The van der Waals surface area contributed by atoms with Crippen LogP contribution in [0.1, 0.15) is 28.8 Å². The van der Waals surface area contributed by atoms with Gasteiger partial charge in [0.2, 0.25) is 10.0 Å². The van der Waals surface area contributed by atoms with Crippen molar-refractivity contribution in [3.63, 3.8) is 0 Å². The number of carbonyl (C=O) groups excluding carboxylic acids is 1. The van der Waals surface area contributed by atoms with E-state index in [4.69, 9.17) is 12.2 Å². The number of hydrogen-bond donors (Lipinski definition) is 3. The van der Waals surface area contributed by atoms with Crippen molar-refractivity contribution in [2.45, 2.75) is 30.3 Å². The summed E-state index contributed by atoms with van der Waals surface area (Å²) in [6.07, 6.45) is 3.45. The first kappa shape index (κ1) is 16.8. The molecule has 0 spiro atoms. The quantitative estimate of drug-likeness (QED) is 0.686. The van der Waals surface area contributed by atoms with E-state index in [-0.39, 0.29) is 16.8 Å². The zero-order valence-electron chi connectivity index (χ0n) is 12.8. The van der Waals surface area contributed by atoms with Gasteiger partial charge in [0.05, 0.1) is 10.5 Å². The van der Waals surface area contributed by atoms with E-state index < -0.39 is 10.0 Å². The van der Waals surface area contributed by atoms with Crippen LogP contribution in [-0.4, -0.2) is 25.4 Å². The van der Waals surface area contributed by atoms with Gasteiger partial charge < -0.3 is 10.3 Å². The maximum absolute atomic E-state index is 12.1. The van der Waals surface area contributed by atoms with E-state index in [0.717, 1.165) is 18.4 Å². The van der Waals surface area contributed by atoms with Gasteiger partial charge in [-0.15, -0.1) is 0 Å². The van der Waals surface area contributed by atoms with Gasteiger partial charge >= 0.3 is 0 Å². The van der Waals surface area contributed by atoms with Crippen LogP contribution in [0.15, 0.2) is 47.5 Å². The molecule has 1 aromatic heterocycles. The number of hydrogen-bond acceptors (Lipinski definition) is 4. The molecule has 0 unspecified atom stereocenters. The van der Waals surface area contributed by atoms with Crippen LogP contribution in [-0.2, 0) is 16.6 Å². The predicted octanol–water partition coefficient (Wildman–Crippen LogP) is 2.11. The van der Waals surface area contributed by atoms with E-state index >= 15 is 0 Å². The average Bonchev–Trinajstić information content (AvgIpc) is 3.37. The maximum atomic E-state index is 12.1. The summed E-state index contributed by atoms with van der Waals surface area (Å²) >= 11 is 5.07. The molecule has 1 fully saturated rings. The summed E-state index contributed by atoms with van der Waals surface area (Å²) in [6.45, 7) is 0.291. The first-order valence-corrected chi connectivity index (χ1v) is 9.42. The van der Waals surface area contributed by atoms with Crippen LogP contribution in [0.2, 0.25) is 0 Å². The Kier molecular flexibility index (Phi) is 4.79. The smallest absolute Gasteiger partial charge is 0.254 e. The van der Waals surface area contributed by atoms with Gasteiger partial charge in [0.15, 0.2) is 0 Å². The molecule has 1 aliphatic rings. The zero-order valence-corrected chi connectivity index (χ0v) is 14.4. The van der Waals surface area contributed by atoms with E-state index in [2.05, 4.69) is 15.0 Å². The normalized spacial score (nSPS) is 14.3. The molecular weight excluding hydrogens is 346 g/mol. The Morgan fingerprint density at radius 3 is 2.54 bits per heavy atom. The van der Waals surface area contributed by atoms with Crippen molar-refractivity contribution < 1.29 is 13.2 Å². The number of sulfonamides is 1. The summed E-state index contributed by atoms with van der Waals surface area (Å²) in [4.78, 5) is 15.1. The third-order valence-corrected chi connectivity index (χ3v) is 5.52. The maximum Gasteiger partial charge on any atom is 0.254 e. The van der Waals surface area contributed by atoms with Gasteiger partial charge in [-0.3, -0.25) is 4.79 Å². The van der Waals surface area contributed by atoms with Crippen LogP contribution in [0.3, 0.4) is 0 Å². The topological polar surface area (TPSA) is 91.1 Å². The summed E-state index contributed by atoms with van der Waals surface area (Å²) in [5, 5.41) is 2.77. The van der Waals surface area contributed by atoms with Crippen molar-refractivity contribution in [3.8, 4) is 0 Å². The average molecular weight is 363 g/mol. The van der Waals surface area contributed by atoms with Gasteiger partial charge in [-0.25, -0.2) is 13.1 Å². The van der Waals surface area contributed by atoms with E-state index in [0.29, 0.717) is 16.7 Å². The lowest BCUT2D eigenvalue weighted by atomic mass is 10.2. The summed E-state index contributed by atoms with van der Waals surface area (Å²) in [6, 6.07) is 9.89. The molecule has 1 amide bonds. The first-order valence-electron chi connectivity index (χ1n) is 7.53. The van der Waals surface area contributed by atoms with Crippen molar-refractivity contribution in [3.05, 3.63) is 58.4 Å². The lowest BCUT2D eigenvalue weighted by Crippen LogP contribution is -2.26. The minimum absolute atomic E-state index is 0.0734. The van der Waals surface area contributed by atoms with Crippen LogP contribution in [0.5, 0.6) is 0 Å². The Morgan fingerprint density at radius 1 is 1.21 bits per heavy atom. The highest BCUT2D eigenvalue weighted by Crippen LogP contribution is 2.22. The third kappa shape index (κ3) is 4.08. The van der Waals surface area contributed by atoms with Gasteiger partial charge in [-0.2, -0.15) is 0 Å². The Hall–Kier alpha value is -2.03. The number of benzene rings is 1. The molecule has 1 aliphatic carbocycles. The van der Waals surface area contributed by atoms with E-state index in [1.807, 2.05) is 0 Å². The molecule has 3 N–H and O–H groups in total. The summed E-state index contributed by atoms with van der Waals surface area (Å²) in [5.74, 6) is -0.274. The molecule has 3 rings (SSSR count). The number of aromatic nitrogens is 1. The second-order valence-electron chi connectivity index (χ2n) is 5.64. The minimum Gasteiger partial charge on any atom is -0.352 e. The molecule has 0 atom stereocenters. The molecule has 24 heavy (non-hydrogen) atoms. The van der Waals surface area contributed by atoms with E-state index in [1.165, 1.54) is 0 Å². The van der Waals surface area contributed by atoms with E-state index in [9.17, 15) is 13.2 Å². The van der Waals surface area contributed by atoms with Crippen LogP contribution >= 0.6 is 12.2 Å². The zero-order chi connectivity index (χ0) is 17.2. The standard InChI is InChI=1S/C16H17N3O3S2/c20-15(14-2-1-9-17-16(14)23)18-10-11-3-7-13(8-4-11)24(21,22)19-12-5-6-12/h1-4,7-9,12,19H,5-6,10H2,(H,17,23)(H,18,20). The Balaban J connectivity index is 1.63. The molecule has 1 aromatic carbocycles. The SMILES string of the molecule is O=C(NCc1ccc(S(=O)(=O)NC2CC2)cc1)c1ccc[nH]c1=S. The second-order valence-corrected chi connectivity index (χ2v) is 7.76. The number of nitrogens with one attached hydrogen (secondary N) is 3. The van der Waals surface area contributed by atoms with Gasteiger partial charge in [-0.1, -0.05) is 24.4 Å². The predicted molar refractivity (Wildman–Crippen MR) is 92.6 cm³/mol. The van der Waals surface area contributed by atoms with Gasteiger partial charge in [0.1, 0.15) is 4.64 Å². The van der Waals surface area contributed by atoms with Crippen LogP contribution in [0.25, 0.3) is 0 Å². The fourth-order valence-corrected chi connectivity index (χ4v) is 3.69. The van der Waals surface area contributed by atoms with Gasteiger partial charge in [0, 0.05) is 18.8 Å². The summed E-state index contributed by atoms with van der Waals surface area (Å²) in [5.41, 5.74) is 1.21. The van der Waals surface area contributed by atoms with Crippen molar-refractivity contribution in [2.24, 2.45) is 0 Å². The molecule has 2 aromatic rings. The van der Waals surface area contributed by atoms with Crippen molar-refractivity contribution >= 4 is 28.1 Å². The highest BCUT2D eigenvalue weighted by atomic mass is 32.2. The number of H-pyrrole nitrogens is 1. The Labute approximate surface area is 145 Å². The number of carbonyl (C=O) groups is 1. The largest absolute Gasteiger partial charge is 0.352 e. The number of rotatable bonds is 6. The second kappa shape index (κ2) is 6.84. The first-order chi connectivity index (χ1) is 11.5. The Morgan fingerprint density at radius 2 is 1.92 bits per heavy atom.